The number of rotatable bonds is 0. The summed E-state index contributed by atoms with van der Waals surface area (Å²) in [5, 5.41) is 0. The van der Waals surface area contributed by atoms with E-state index >= 15 is 0 Å². The van der Waals surface area contributed by atoms with Crippen LogP contribution in [0.15, 0.2) is 91.0 Å². The lowest BCUT2D eigenvalue weighted by Crippen LogP contribution is -2.03. The summed E-state index contributed by atoms with van der Waals surface area (Å²) in [6.45, 7) is 14.6. The Morgan fingerprint density at radius 2 is 0.649 bits per heavy atom. The quantitative estimate of drug-likeness (QED) is 0.0822. The van der Waals surface area contributed by atoms with Gasteiger partial charge < -0.3 is 0 Å². The third-order valence-electron chi connectivity index (χ3n) is 9.19. The molecule has 0 aromatic heterocycles. The fourth-order valence-corrected chi connectivity index (χ4v) is 5.56. The third-order valence-corrected chi connectivity index (χ3v) is 9.19. The van der Waals surface area contributed by atoms with Gasteiger partial charge >= 0.3 is 0 Å². The number of hydrogen-bond acceptors (Lipinski definition) is 0. The van der Waals surface area contributed by atoms with Crippen LogP contribution in [0.5, 0.6) is 0 Å². The van der Waals surface area contributed by atoms with E-state index in [0.29, 0.717) is 11.1 Å². The Morgan fingerprint density at radius 3 is 1.04 bits per heavy atom. The molecule has 0 N–H and O–H groups in total. The van der Waals surface area contributed by atoms with Gasteiger partial charge in [0.25, 0.3) is 0 Å². The molecule has 5 heteroatoms. The molecule has 0 aliphatic rings. The second-order valence-corrected chi connectivity index (χ2v) is 13.9. The van der Waals surface area contributed by atoms with Gasteiger partial charge in [-0.25, -0.2) is 22.0 Å². The number of aryl methyl sites for hydroxylation is 7. The molecule has 0 spiro atoms. The van der Waals surface area contributed by atoms with Crippen molar-refractivity contribution in [1.82, 2.24) is 0 Å². The number of halogens is 5. The van der Waals surface area contributed by atoms with E-state index in [0.717, 1.165) is 68.1 Å². The molecule has 0 heterocycles. The smallest absolute Gasteiger partial charge is 0.177 e. The van der Waals surface area contributed by atoms with E-state index in [4.69, 9.17) is 0 Å². The maximum atomic E-state index is 14.0. The molecular weight excluding hydrogens is 720 g/mol. The minimum atomic E-state index is -1.49. The van der Waals surface area contributed by atoms with Crippen LogP contribution in [0.25, 0.3) is 0 Å². The van der Waals surface area contributed by atoms with Crippen LogP contribution in [0, 0.1) is 132 Å². The average molecular weight is 759 g/mol. The minimum Gasteiger partial charge on any atom is -0.206 e. The molecule has 0 radical (unpaired) electrons. The molecule has 0 saturated heterocycles. The number of hydrogen-bond donors (Lipinski definition) is 0. The highest BCUT2D eigenvalue weighted by Gasteiger charge is 2.22. The van der Waals surface area contributed by atoms with Crippen molar-refractivity contribution in [2.75, 3.05) is 0 Å². The van der Waals surface area contributed by atoms with Crippen molar-refractivity contribution in [1.29, 1.82) is 0 Å². The van der Waals surface area contributed by atoms with Crippen LogP contribution < -0.4 is 0 Å². The van der Waals surface area contributed by atoms with Gasteiger partial charge in [0, 0.05) is 38.9 Å². The van der Waals surface area contributed by atoms with Crippen LogP contribution in [0.3, 0.4) is 0 Å². The maximum Gasteiger partial charge on any atom is 0.177 e. The summed E-state index contributed by atoms with van der Waals surface area (Å²) in [5.74, 6) is 17.4. The molecule has 0 fully saturated rings. The van der Waals surface area contributed by atoms with E-state index in [-0.39, 0.29) is 5.82 Å². The lowest BCUT2D eigenvalue weighted by Gasteiger charge is -2.06. The zero-order chi connectivity index (χ0) is 41.4. The highest BCUT2D eigenvalue weighted by molar-refractivity contribution is 5.57. The van der Waals surface area contributed by atoms with Crippen molar-refractivity contribution in [3.63, 3.8) is 0 Å². The fourth-order valence-electron chi connectivity index (χ4n) is 5.56. The summed E-state index contributed by atoms with van der Waals surface area (Å²) < 4.78 is 69.5. The number of benzene rings is 6. The van der Waals surface area contributed by atoms with Crippen LogP contribution in [0.2, 0.25) is 0 Å². The van der Waals surface area contributed by atoms with Gasteiger partial charge in [-0.05, 0) is 144 Å². The van der Waals surface area contributed by atoms with E-state index in [1.165, 1.54) is 11.6 Å². The Labute approximate surface area is 332 Å². The molecule has 6 aromatic rings. The van der Waals surface area contributed by atoms with Gasteiger partial charge in [0.1, 0.15) is 11.4 Å². The third kappa shape index (κ3) is 10.5. The van der Waals surface area contributed by atoms with Gasteiger partial charge in [0.05, 0.1) is 5.56 Å². The lowest BCUT2D eigenvalue weighted by molar-refractivity contribution is 0.442. The Hall–Kier alpha value is -6.79. The first kappa shape index (κ1) is 41.4. The average Bonchev–Trinajstić information content (AvgIpc) is 3.18. The molecule has 0 saturated carbocycles. The molecule has 0 aliphatic heterocycles. The van der Waals surface area contributed by atoms with Crippen molar-refractivity contribution < 1.29 is 22.0 Å². The molecule has 0 unspecified atom stereocenters. The highest BCUT2D eigenvalue weighted by Crippen LogP contribution is 2.24. The minimum absolute atomic E-state index is 0.280. The first-order valence-corrected chi connectivity index (χ1v) is 18.1. The molecule has 0 amide bonds. The van der Waals surface area contributed by atoms with E-state index in [2.05, 4.69) is 66.4 Å². The van der Waals surface area contributed by atoms with Gasteiger partial charge in [-0.2, -0.15) is 0 Å². The molecule has 0 aliphatic carbocycles. The lowest BCUT2D eigenvalue weighted by atomic mass is 9.99. The SMILES string of the molecule is Cc1ccc(C#Cc2cc(C)c(C#Cc3c(F)c(F)c(C)c(F)c3F)cc2C)cc1.Cc1ccc(C#Cc2cc(C)c(C#Cc3ccc(C)cc3F)cc2C)cc1. The van der Waals surface area contributed by atoms with Crippen LogP contribution in [0.1, 0.15) is 89.0 Å². The molecule has 6 rings (SSSR count). The summed E-state index contributed by atoms with van der Waals surface area (Å²) >= 11 is 0. The van der Waals surface area contributed by atoms with E-state index in [1.54, 1.807) is 19.1 Å². The normalized spacial score (nSPS) is 9.98. The Morgan fingerprint density at radius 1 is 0.316 bits per heavy atom. The molecule has 57 heavy (non-hydrogen) atoms. The molecule has 282 valence electrons. The zero-order valence-corrected chi connectivity index (χ0v) is 33.1. The Bertz CT molecular complexity index is 2730. The first-order chi connectivity index (χ1) is 27.1. The van der Waals surface area contributed by atoms with Gasteiger partial charge in [0.2, 0.25) is 0 Å². The van der Waals surface area contributed by atoms with E-state index in [9.17, 15) is 22.0 Å². The standard InChI is InChI=1S/C26H18F4.C26H21F/c1-15-5-7-19(8-6-15)9-10-20-13-17(3)21(14-16(20)2)11-12-22-25(29)23(27)18(4)24(28)26(22)30;1-18-5-8-22(9-6-18)10-12-24-16-21(4)25(17-20(24)3)14-13-23-11-7-19(2)15-26(23)27/h5-8,13-14H,1-4H3;5-9,11,15-17H,1-4H3. The first-order valence-electron chi connectivity index (χ1n) is 18.1. The largest absolute Gasteiger partial charge is 0.206 e. The van der Waals surface area contributed by atoms with Crippen LogP contribution in [-0.2, 0) is 0 Å². The Balaban J connectivity index is 0.000000219. The molecule has 6 aromatic carbocycles. The van der Waals surface area contributed by atoms with Gasteiger partial charge in [-0.1, -0.05) is 88.8 Å². The molecule has 0 nitrogen and oxygen atoms in total. The predicted molar refractivity (Wildman–Crippen MR) is 220 cm³/mol. The van der Waals surface area contributed by atoms with Crippen molar-refractivity contribution in [3.8, 4) is 47.4 Å². The van der Waals surface area contributed by atoms with Crippen molar-refractivity contribution in [2.45, 2.75) is 55.4 Å². The summed E-state index contributed by atoms with van der Waals surface area (Å²) in [7, 11) is 0. The zero-order valence-electron chi connectivity index (χ0n) is 33.1. The van der Waals surface area contributed by atoms with E-state index in [1.807, 2.05) is 95.3 Å². The summed E-state index contributed by atoms with van der Waals surface area (Å²) in [5.41, 5.74) is 10.8. The summed E-state index contributed by atoms with van der Waals surface area (Å²) in [4.78, 5) is 0. The van der Waals surface area contributed by atoms with E-state index < -0.39 is 34.4 Å². The maximum absolute atomic E-state index is 14.0. The molecule has 0 bridgehead atoms. The van der Waals surface area contributed by atoms with Gasteiger partial charge in [0.15, 0.2) is 23.3 Å². The fraction of sp³-hybridized carbons (Fsp3) is 0.154. The van der Waals surface area contributed by atoms with Crippen LogP contribution in [-0.4, -0.2) is 0 Å². The summed E-state index contributed by atoms with van der Waals surface area (Å²) in [6, 6.07) is 28.7. The Kier molecular flexibility index (Phi) is 13.2. The second-order valence-electron chi connectivity index (χ2n) is 13.9. The topological polar surface area (TPSA) is 0 Å². The van der Waals surface area contributed by atoms with Gasteiger partial charge in [-0.15, -0.1) is 0 Å². The molecule has 0 atom stereocenters. The van der Waals surface area contributed by atoms with Gasteiger partial charge in [-0.3, -0.25) is 0 Å². The predicted octanol–water partition coefficient (Wildman–Crippen LogP) is 12.1. The van der Waals surface area contributed by atoms with Crippen molar-refractivity contribution >= 4 is 0 Å². The highest BCUT2D eigenvalue weighted by atomic mass is 19.2. The van der Waals surface area contributed by atoms with Crippen molar-refractivity contribution in [2.24, 2.45) is 0 Å². The van der Waals surface area contributed by atoms with Crippen molar-refractivity contribution in [3.05, 3.63) is 209 Å². The van der Waals surface area contributed by atoms with Crippen LogP contribution in [0.4, 0.5) is 22.0 Å². The summed E-state index contributed by atoms with van der Waals surface area (Å²) in [6.07, 6.45) is 0. The molecular formula is C52H39F5. The second kappa shape index (κ2) is 18.2. The van der Waals surface area contributed by atoms with Crippen LogP contribution >= 0.6 is 0 Å². The monoisotopic (exact) mass is 758 g/mol.